The van der Waals surface area contributed by atoms with Crippen molar-refractivity contribution in [3.8, 4) is 6.07 Å². The summed E-state index contributed by atoms with van der Waals surface area (Å²) in [7, 11) is 0. The Bertz CT molecular complexity index is 1030. The van der Waals surface area contributed by atoms with Gasteiger partial charge in [-0.2, -0.15) is 5.26 Å². The van der Waals surface area contributed by atoms with E-state index in [0.717, 1.165) is 36.1 Å². The monoisotopic (exact) mass is 423 g/mol. The van der Waals surface area contributed by atoms with Crippen molar-refractivity contribution >= 4 is 40.2 Å². The van der Waals surface area contributed by atoms with Gasteiger partial charge in [-0.3, -0.25) is 14.6 Å². The highest BCUT2D eigenvalue weighted by Gasteiger charge is 2.37. The van der Waals surface area contributed by atoms with Crippen LogP contribution in [0.5, 0.6) is 0 Å². The Kier molecular flexibility index (Phi) is 5.56. The third-order valence-electron chi connectivity index (χ3n) is 6.09. The Hall–Kier alpha value is -2.79. The van der Waals surface area contributed by atoms with Crippen molar-refractivity contribution in [2.24, 2.45) is 5.41 Å². The maximum absolute atomic E-state index is 12.8. The number of carbonyl (C=O) groups is 2. The molecule has 2 fully saturated rings. The number of carbonyl (C=O) groups excluding carboxylic acids is 2. The van der Waals surface area contributed by atoms with Gasteiger partial charge in [0, 0.05) is 41.5 Å². The maximum Gasteiger partial charge on any atom is 0.252 e. The van der Waals surface area contributed by atoms with Gasteiger partial charge in [-0.1, -0.05) is 13.8 Å². The number of pyridine rings is 1. The van der Waals surface area contributed by atoms with Gasteiger partial charge in [0.15, 0.2) is 0 Å². The van der Waals surface area contributed by atoms with Gasteiger partial charge in [-0.25, -0.2) is 0 Å². The summed E-state index contributed by atoms with van der Waals surface area (Å²) in [6.45, 7) is 6.38. The molecule has 7 nitrogen and oxygen atoms in total. The van der Waals surface area contributed by atoms with Crippen LogP contribution in [0.1, 0.15) is 30.6 Å². The van der Waals surface area contributed by atoms with Crippen molar-refractivity contribution in [1.82, 2.24) is 15.2 Å². The zero-order valence-corrected chi connectivity index (χ0v) is 18.0. The van der Waals surface area contributed by atoms with E-state index in [1.165, 1.54) is 4.90 Å². The van der Waals surface area contributed by atoms with Gasteiger partial charge >= 0.3 is 0 Å². The van der Waals surface area contributed by atoms with E-state index in [2.05, 4.69) is 35.1 Å². The summed E-state index contributed by atoms with van der Waals surface area (Å²) >= 11 is 1.55. The van der Waals surface area contributed by atoms with Crippen molar-refractivity contribution < 1.29 is 9.59 Å². The summed E-state index contributed by atoms with van der Waals surface area (Å²) in [5.41, 5.74) is 2.68. The van der Waals surface area contributed by atoms with Gasteiger partial charge in [-0.05, 0) is 30.7 Å². The summed E-state index contributed by atoms with van der Waals surface area (Å²) in [6, 6.07) is 9.39. The molecule has 0 radical (unpaired) electrons. The zero-order valence-electron chi connectivity index (χ0n) is 17.2. The van der Waals surface area contributed by atoms with E-state index in [-0.39, 0.29) is 18.4 Å². The number of thioether (sulfide) groups is 1. The molecule has 2 saturated heterocycles. The standard InChI is InChI=1S/C22H25N5O2S/c1-3-22(2)12-26(13-22)15-4-5-19-18(8-15)17(6-7-24-19)21(29)25-10-20(28)27-14-30-11-16(27)9-23/h4-8,16H,3,10-14H2,1-2H3,(H,25,29). The number of aromatic nitrogens is 1. The summed E-state index contributed by atoms with van der Waals surface area (Å²) in [4.78, 5) is 33.5. The Balaban J connectivity index is 1.49. The van der Waals surface area contributed by atoms with Crippen LogP contribution in [0.25, 0.3) is 10.9 Å². The molecule has 8 heteroatoms. The maximum atomic E-state index is 12.8. The van der Waals surface area contributed by atoms with Crippen LogP contribution >= 0.6 is 11.8 Å². The van der Waals surface area contributed by atoms with Crippen LogP contribution in [0, 0.1) is 16.7 Å². The zero-order chi connectivity index (χ0) is 21.3. The van der Waals surface area contributed by atoms with Gasteiger partial charge in [-0.15, -0.1) is 11.8 Å². The average Bonchev–Trinajstić information content (AvgIpc) is 3.23. The third-order valence-corrected chi connectivity index (χ3v) is 7.10. The Morgan fingerprint density at radius 2 is 2.17 bits per heavy atom. The minimum absolute atomic E-state index is 0.123. The number of fused-ring (bicyclic) bond motifs is 1. The highest BCUT2D eigenvalue weighted by Crippen LogP contribution is 2.37. The van der Waals surface area contributed by atoms with E-state index < -0.39 is 6.04 Å². The minimum atomic E-state index is -0.422. The number of nitrogens with one attached hydrogen (secondary N) is 1. The van der Waals surface area contributed by atoms with E-state index in [9.17, 15) is 9.59 Å². The minimum Gasteiger partial charge on any atom is -0.370 e. The molecule has 30 heavy (non-hydrogen) atoms. The molecule has 1 unspecified atom stereocenters. The summed E-state index contributed by atoms with van der Waals surface area (Å²) in [5, 5.41) is 12.6. The first-order valence-corrected chi connectivity index (χ1v) is 11.3. The van der Waals surface area contributed by atoms with E-state index in [1.807, 2.05) is 18.2 Å². The lowest BCUT2D eigenvalue weighted by molar-refractivity contribution is -0.129. The molecule has 1 atom stereocenters. The van der Waals surface area contributed by atoms with Gasteiger partial charge in [0.05, 0.1) is 29.6 Å². The summed E-state index contributed by atoms with van der Waals surface area (Å²) in [6.07, 6.45) is 2.75. The van der Waals surface area contributed by atoms with E-state index in [4.69, 9.17) is 5.26 Å². The van der Waals surface area contributed by atoms with Gasteiger partial charge < -0.3 is 15.1 Å². The molecule has 2 aliphatic heterocycles. The second kappa shape index (κ2) is 8.15. The van der Waals surface area contributed by atoms with E-state index in [0.29, 0.717) is 22.6 Å². The SMILES string of the molecule is CCC1(C)CN(c2ccc3nccc(C(=O)NCC(=O)N4CSCC4C#N)c3c2)C1. The largest absolute Gasteiger partial charge is 0.370 e. The second-order valence-corrected chi connectivity index (χ2v) is 9.27. The first-order valence-electron chi connectivity index (χ1n) is 10.1. The first kappa shape index (κ1) is 20.5. The van der Waals surface area contributed by atoms with Crippen LogP contribution in [0.4, 0.5) is 5.69 Å². The van der Waals surface area contributed by atoms with Crippen LogP contribution < -0.4 is 10.2 Å². The van der Waals surface area contributed by atoms with Crippen molar-refractivity contribution in [3.05, 3.63) is 36.0 Å². The molecule has 0 bridgehead atoms. The van der Waals surface area contributed by atoms with Crippen LogP contribution in [0.3, 0.4) is 0 Å². The van der Waals surface area contributed by atoms with E-state index >= 15 is 0 Å². The lowest BCUT2D eigenvalue weighted by Gasteiger charge is -2.49. The molecule has 3 heterocycles. The van der Waals surface area contributed by atoms with Crippen molar-refractivity contribution in [2.45, 2.75) is 26.3 Å². The molecule has 2 aliphatic rings. The van der Waals surface area contributed by atoms with Crippen molar-refractivity contribution in [2.75, 3.05) is 36.2 Å². The predicted octanol–water partition coefficient (Wildman–Crippen LogP) is 2.63. The molecular weight excluding hydrogens is 398 g/mol. The lowest BCUT2D eigenvalue weighted by Crippen LogP contribution is -2.54. The molecule has 1 aromatic carbocycles. The molecule has 1 N–H and O–H groups in total. The molecule has 156 valence electrons. The summed E-state index contributed by atoms with van der Waals surface area (Å²) in [5.74, 6) is 0.552. The van der Waals surface area contributed by atoms with Crippen LogP contribution in [0.2, 0.25) is 0 Å². The quantitative estimate of drug-likeness (QED) is 0.795. The Morgan fingerprint density at radius 3 is 2.90 bits per heavy atom. The molecule has 1 aromatic heterocycles. The molecule has 0 spiro atoms. The van der Waals surface area contributed by atoms with Crippen LogP contribution in [0.15, 0.2) is 30.5 Å². The van der Waals surface area contributed by atoms with Gasteiger partial charge in [0.1, 0.15) is 6.04 Å². The molecule has 4 rings (SSSR count). The second-order valence-electron chi connectivity index (χ2n) is 8.27. The fourth-order valence-corrected chi connectivity index (χ4v) is 5.06. The highest BCUT2D eigenvalue weighted by molar-refractivity contribution is 7.99. The smallest absolute Gasteiger partial charge is 0.252 e. The van der Waals surface area contributed by atoms with Crippen LogP contribution in [-0.2, 0) is 4.79 Å². The fourth-order valence-electron chi connectivity index (χ4n) is 3.96. The fraction of sp³-hybridized carbons (Fsp3) is 0.455. The molecule has 2 amide bonds. The van der Waals surface area contributed by atoms with Crippen molar-refractivity contribution in [1.29, 1.82) is 5.26 Å². The number of anilines is 1. The highest BCUT2D eigenvalue weighted by atomic mass is 32.2. The molecule has 0 aliphatic carbocycles. The number of rotatable bonds is 5. The third kappa shape index (κ3) is 3.82. The average molecular weight is 424 g/mol. The molecule has 2 aromatic rings. The predicted molar refractivity (Wildman–Crippen MR) is 118 cm³/mol. The molecule has 0 saturated carbocycles. The first-order chi connectivity index (χ1) is 14.4. The number of benzene rings is 1. The number of nitriles is 1. The topological polar surface area (TPSA) is 89.3 Å². The van der Waals surface area contributed by atoms with E-state index in [1.54, 1.807) is 24.0 Å². The Morgan fingerprint density at radius 1 is 1.37 bits per heavy atom. The van der Waals surface area contributed by atoms with Crippen molar-refractivity contribution in [3.63, 3.8) is 0 Å². The lowest BCUT2D eigenvalue weighted by atomic mass is 9.79. The summed E-state index contributed by atoms with van der Waals surface area (Å²) < 4.78 is 0. The number of hydrogen-bond acceptors (Lipinski definition) is 6. The van der Waals surface area contributed by atoms with Crippen LogP contribution in [-0.4, -0.2) is 59.0 Å². The van der Waals surface area contributed by atoms with Gasteiger partial charge in [0.2, 0.25) is 5.91 Å². The molecular formula is C22H25N5O2S. The number of hydrogen-bond donors (Lipinski definition) is 1. The number of nitrogens with zero attached hydrogens (tertiary/aromatic N) is 4. The Labute approximate surface area is 180 Å². The van der Waals surface area contributed by atoms with Gasteiger partial charge in [0.25, 0.3) is 5.91 Å². The normalized spacial score (nSPS) is 20.0. The number of amides is 2.